The molecule has 0 aliphatic rings. The molecule has 0 amide bonds. The summed E-state index contributed by atoms with van der Waals surface area (Å²) < 4.78 is 0. The van der Waals surface area contributed by atoms with E-state index in [1.165, 1.54) is 0 Å². The van der Waals surface area contributed by atoms with Crippen molar-refractivity contribution in [3.8, 4) is 0 Å². The maximum Gasteiger partial charge on any atom is 0.304 e. The molecule has 2 nitrogen and oxygen atoms in total. The summed E-state index contributed by atoms with van der Waals surface area (Å²) in [5.74, 6) is -0.617. The molecule has 0 radical (unpaired) electrons. The Bertz CT molecular complexity index is 129. The molecule has 5 heteroatoms. The molecule has 11 heavy (non-hydrogen) atoms. The van der Waals surface area contributed by atoms with Crippen molar-refractivity contribution in [3.63, 3.8) is 0 Å². The molecule has 0 aliphatic carbocycles. The number of hydrogen-bond donors (Lipinski definition) is 1. The van der Waals surface area contributed by atoms with Gasteiger partial charge in [0, 0.05) is 16.6 Å². The van der Waals surface area contributed by atoms with Crippen LogP contribution in [-0.2, 0) is 4.79 Å². The second kappa shape index (κ2) is 5.92. The van der Waals surface area contributed by atoms with Gasteiger partial charge in [-0.15, -0.1) is 34.8 Å². The van der Waals surface area contributed by atoms with Gasteiger partial charge in [0.15, 0.2) is 0 Å². The van der Waals surface area contributed by atoms with E-state index in [1.54, 1.807) is 0 Å². The maximum absolute atomic E-state index is 10.1. The highest BCUT2D eigenvalue weighted by Crippen LogP contribution is 2.15. The zero-order chi connectivity index (χ0) is 8.85. The smallest absolute Gasteiger partial charge is 0.304 e. The lowest BCUT2D eigenvalue weighted by Gasteiger charge is -2.08. The first kappa shape index (κ1) is 11.3. The number of halogens is 3. The molecule has 2 unspecified atom stereocenters. The van der Waals surface area contributed by atoms with Gasteiger partial charge in [-0.05, 0) is 6.42 Å². The average Bonchev–Trinajstić information content (AvgIpc) is 1.85. The molecule has 0 rings (SSSR count). The number of aliphatic carboxylic acids is 1. The zero-order valence-corrected chi connectivity index (χ0v) is 8.03. The third kappa shape index (κ3) is 6.73. The number of alkyl halides is 3. The first-order chi connectivity index (χ1) is 5.06. The van der Waals surface area contributed by atoms with Gasteiger partial charge in [-0.3, -0.25) is 4.79 Å². The van der Waals surface area contributed by atoms with Gasteiger partial charge in [-0.2, -0.15) is 0 Å². The quantitative estimate of drug-likeness (QED) is 0.721. The van der Waals surface area contributed by atoms with Gasteiger partial charge >= 0.3 is 5.97 Å². The van der Waals surface area contributed by atoms with Gasteiger partial charge in [-0.25, -0.2) is 0 Å². The Balaban J connectivity index is 3.51. The molecular weight excluding hydrogens is 210 g/mol. The Kier molecular flexibility index (Phi) is 6.11. The van der Waals surface area contributed by atoms with E-state index in [9.17, 15) is 4.79 Å². The lowest BCUT2D eigenvalue weighted by atomic mass is 10.2. The van der Waals surface area contributed by atoms with Crippen molar-refractivity contribution < 1.29 is 9.90 Å². The van der Waals surface area contributed by atoms with Crippen LogP contribution in [0.2, 0.25) is 0 Å². The number of hydrogen-bond acceptors (Lipinski definition) is 1. The van der Waals surface area contributed by atoms with Crippen LogP contribution in [0.25, 0.3) is 0 Å². The molecule has 2 atom stereocenters. The van der Waals surface area contributed by atoms with Gasteiger partial charge in [0.1, 0.15) is 0 Å². The second-order valence-corrected chi connectivity index (χ2v) is 3.73. The maximum atomic E-state index is 10.1. The lowest BCUT2D eigenvalue weighted by Crippen LogP contribution is -2.13. The molecular formula is C6H9Cl3O2. The minimum Gasteiger partial charge on any atom is -0.481 e. The van der Waals surface area contributed by atoms with E-state index < -0.39 is 11.3 Å². The Hall–Kier alpha value is 0.340. The zero-order valence-electron chi connectivity index (χ0n) is 5.77. The highest BCUT2D eigenvalue weighted by Gasteiger charge is 2.14. The molecule has 66 valence electrons. The highest BCUT2D eigenvalue weighted by molar-refractivity contribution is 6.29. The summed E-state index contributed by atoms with van der Waals surface area (Å²) in [4.78, 5) is 10.1. The van der Waals surface area contributed by atoms with Crippen LogP contribution in [0.3, 0.4) is 0 Å². The number of carboxylic acid groups (broad SMARTS) is 1. The third-order valence-electron chi connectivity index (χ3n) is 1.08. The monoisotopic (exact) mass is 218 g/mol. The van der Waals surface area contributed by atoms with Crippen LogP contribution in [0.5, 0.6) is 0 Å². The van der Waals surface area contributed by atoms with Crippen LogP contribution in [0.4, 0.5) is 0 Å². The molecule has 0 aromatic rings. The fourth-order valence-corrected chi connectivity index (χ4v) is 1.39. The van der Waals surface area contributed by atoms with E-state index in [-0.39, 0.29) is 11.8 Å². The van der Waals surface area contributed by atoms with Gasteiger partial charge < -0.3 is 5.11 Å². The molecule has 0 bridgehead atoms. The molecule has 0 spiro atoms. The highest BCUT2D eigenvalue weighted by atomic mass is 35.5. The minimum absolute atomic E-state index is 0.0678. The van der Waals surface area contributed by atoms with Crippen LogP contribution < -0.4 is 0 Å². The molecule has 0 saturated heterocycles. The van der Waals surface area contributed by atoms with E-state index in [1.807, 2.05) is 0 Å². The van der Waals surface area contributed by atoms with Gasteiger partial charge in [0.2, 0.25) is 0 Å². The standard InChI is InChI=1S/C6H9Cl3O2/c7-3-5(9)1-4(8)2-6(10)11/h4-5H,1-3H2,(H,10,11). The first-order valence-corrected chi connectivity index (χ1v) is 4.53. The van der Waals surface area contributed by atoms with Crippen molar-refractivity contribution in [2.75, 3.05) is 5.88 Å². The summed E-state index contributed by atoms with van der Waals surface area (Å²) in [6, 6.07) is 0. The Morgan fingerprint density at radius 2 is 1.91 bits per heavy atom. The van der Waals surface area contributed by atoms with Crippen LogP contribution in [0.1, 0.15) is 12.8 Å². The first-order valence-electron chi connectivity index (χ1n) is 3.12. The van der Waals surface area contributed by atoms with Crippen LogP contribution in [0, 0.1) is 0 Å². The van der Waals surface area contributed by atoms with Crippen molar-refractivity contribution >= 4 is 40.8 Å². The molecule has 0 aliphatic heterocycles. The predicted octanol–water partition coefficient (Wildman–Crippen LogP) is 2.30. The number of carbonyl (C=O) groups is 1. The summed E-state index contributed by atoms with van der Waals surface area (Å²) in [6.45, 7) is 0. The van der Waals surface area contributed by atoms with Crippen molar-refractivity contribution in [1.29, 1.82) is 0 Å². The number of carboxylic acids is 1. The van der Waals surface area contributed by atoms with E-state index in [0.717, 1.165) is 0 Å². The molecule has 0 saturated carbocycles. The topological polar surface area (TPSA) is 37.3 Å². The Morgan fingerprint density at radius 1 is 1.36 bits per heavy atom. The summed E-state index contributed by atoms with van der Waals surface area (Å²) in [5, 5.41) is 7.65. The normalized spacial score (nSPS) is 15.9. The summed E-state index contributed by atoms with van der Waals surface area (Å²) in [7, 11) is 0. The van der Waals surface area contributed by atoms with E-state index >= 15 is 0 Å². The second-order valence-electron chi connectivity index (χ2n) is 2.18. The summed E-state index contributed by atoms with van der Waals surface area (Å²) >= 11 is 16.7. The third-order valence-corrected chi connectivity index (χ3v) is 2.27. The van der Waals surface area contributed by atoms with Gasteiger partial charge in [-0.1, -0.05) is 0 Å². The lowest BCUT2D eigenvalue weighted by molar-refractivity contribution is -0.137. The molecule has 0 heterocycles. The van der Waals surface area contributed by atoms with Crippen LogP contribution in [0.15, 0.2) is 0 Å². The molecule has 0 fully saturated rings. The van der Waals surface area contributed by atoms with Crippen molar-refractivity contribution in [1.82, 2.24) is 0 Å². The van der Waals surface area contributed by atoms with Gasteiger partial charge in [0.25, 0.3) is 0 Å². The Labute approximate surface area is 80.4 Å². The SMILES string of the molecule is O=C(O)CC(Cl)CC(Cl)CCl. The van der Waals surface area contributed by atoms with Crippen molar-refractivity contribution in [3.05, 3.63) is 0 Å². The van der Waals surface area contributed by atoms with Crippen LogP contribution >= 0.6 is 34.8 Å². The molecule has 1 N–H and O–H groups in total. The predicted molar refractivity (Wildman–Crippen MR) is 46.9 cm³/mol. The van der Waals surface area contributed by atoms with Gasteiger partial charge in [0.05, 0.1) is 6.42 Å². The molecule has 0 aromatic heterocycles. The fraction of sp³-hybridized carbons (Fsp3) is 0.833. The van der Waals surface area contributed by atoms with Crippen molar-refractivity contribution in [2.24, 2.45) is 0 Å². The Morgan fingerprint density at radius 3 is 2.27 bits per heavy atom. The van der Waals surface area contributed by atoms with Crippen molar-refractivity contribution in [2.45, 2.75) is 23.6 Å². The minimum atomic E-state index is -0.913. The van der Waals surface area contributed by atoms with E-state index in [0.29, 0.717) is 12.3 Å². The fourth-order valence-electron chi connectivity index (χ4n) is 0.613. The largest absolute Gasteiger partial charge is 0.481 e. The van der Waals surface area contributed by atoms with E-state index in [2.05, 4.69) is 0 Å². The number of rotatable bonds is 5. The van der Waals surface area contributed by atoms with E-state index in [4.69, 9.17) is 39.9 Å². The average molecular weight is 219 g/mol. The summed E-state index contributed by atoms with van der Waals surface area (Å²) in [5.41, 5.74) is 0. The van der Waals surface area contributed by atoms with Crippen LogP contribution in [-0.4, -0.2) is 27.7 Å². The summed E-state index contributed by atoms with van der Waals surface area (Å²) in [6.07, 6.45) is 0.362. The molecule has 0 aromatic carbocycles.